The summed E-state index contributed by atoms with van der Waals surface area (Å²) >= 11 is 0. The van der Waals surface area contributed by atoms with Crippen LogP contribution in [0.2, 0.25) is 0 Å². The molecule has 0 saturated carbocycles. The molecule has 5 heteroatoms. The second-order valence-electron chi connectivity index (χ2n) is 5.17. The van der Waals surface area contributed by atoms with E-state index in [1.54, 1.807) is 6.92 Å². The van der Waals surface area contributed by atoms with Crippen molar-refractivity contribution in [3.8, 4) is 11.3 Å². The maximum absolute atomic E-state index is 12.4. The number of rotatable bonds is 4. The molecule has 2 heterocycles. The molecule has 0 spiro atoms. The van der Waals surface area contributed by atoms with Gasteiger partial charge >= 0.3 is 0 Å². The van der Waals surface area contributed by atoms with E-state index in [1.165, 1.54) is 0 Å². The molecule has 0 radical (unpaired) electrons. The molecular weight excluding hydrogens is 268 g/mol. The second-order valence-corrected chi connectivity index (χ2v) is 5.17. The number of hydrogen-bond acceptors (Lipinski definition) is 4. The molecule has 1 atom stereocenters. The number of hydrogen-bond donors (Lipinski definition) is 1. The minimum atomic E-state index is -0.164. The van der Waals surface area contributed by atoms with Gasteiger partial charge in [-0.2, -0.15) is 0 Å². The highest BCUT2D eigenvalue weighted by Crippen LogP contribution is 2.25. The molecule has 1 aromatic heterocycles. The Labute approximate surface area is 123 Å². The fourth-order valence-electron chi connectivity index (χ4n) is 2.53. The van der Waals surface area contributed by atoms with E-state index < -0.39 is 0 Å². The van der Waals surface area contributed by atoms with E-state index in [0.29, 0.717) is 23.6 Å². The summed E-state index contributed by atoms with van der Waals surface area (Å²) in [5.74, 6) is 0.363. The number of benzene rings is 1. The van der Waals surface area contributed by atoms with Crippen LogP contribution in [-0.2, 0) is 4.74 Å². The normalized spacial score (nSPS) is 17.9. The van der Waals surface area contributed by atoms with Crippen LogP contribution in [0.5, 0.6) is 0 Å². The first kappa shape index (κ1) is 13.8. The fraction of sp³-hybridized carbons (Fsp3) is 0.375. The van der Waals surface area contributed by atoms with Crippen molar-refractivity contribution in [2.75, 3.05) is 13.2 Å². The third kappa shape index (κ3) is 2.97. The lowest BCUT2D eigenvalue weighted by atomic mass is 10.1. The lowest BCUT2D eigenvalue weighted by Gasteiger charge is -2.10. The van der Waals surface area contributed by atoms with E-state index in [4.69, 9.17) is 9.26 Å². The maximum Gasteiger partial charge on any atom is 0.257 e. The zero-order valence-corrected chi connectivity index (χ0v) is 12.0. The largest absolute Gasteiger partial charge is 0.376 e. The lowest BCUT2D eigenvalue weighted by Crippen LogP contribution is -2.32. The van der Waals surface area contributed by atoms with Crippen LogP contribution in [0.25, 0.3) is 11.3 Å². The van der Waals surface area contributed by atoms with Gasteiger partial charge in [-0.05, 0) is 19.8 Å². The van der Waals surface area contributed by atoms with Gasteiger partial charge < -0.3 is 14.6 Å². The molecule has 0 unspecified atom stereocenters. The summed E-state index contributed by atoms with van der Waals surface area (Å²) in [4.78, 5) is 12.4. The Morgan fingerprint density at radius 1 is 1.38 bits per heavy atom. The zero-order valence-electron chi connectivity index (χ0n) is 12.0. The van der Waals surface area contributed by atoms with Crippen molar-refractivity contribution in [2.45, 2.75) is 25.9 Å². The number of carbonyl (C=O) groups excluding carboxylic acids is 1. The first-order chi connectivity index (χ1) is 10.3. The fourth-order valence-corrected chi connectivity index (χ4v) is 2.53. The van der Waals surface area contributed by atoms with Crippen molar-refractivity contribution >= 4 is 5.91 Å². The smallest absolute Gasteiger partial charge is 0.257 e. The van der Waals surface area contributed by atoms with Crippen LogP contribution in [0, 0.1) is 6.92 Å². The second kappa shape index (κ2) is 6.10. The van der Waals surface area contributed by atoms with E-state index in [1.807, 2.05) is 30.3 Å². The highest BCUT2D eigenvalue weighted by atomic mass is 16.5. The molecule has 1 aliphatic heterocycles. The van der Waals surface area contributed by atoms with Crippen molar-refractivity contribution in [2.24, 2.45) is 0 Å². The number of nitrogens with one attached hydrogen (secondary N) is 1. The molecule has 2 aromatic rings. The Hall–Kier alpha value is -2.14. The van der Waals surface area contributed by atoms with E-state index in [-0.39, 0.29) is 12.0 Å². The minimum absolute atomic E-state index is 0.120. The van der Waals surface area contributed by atoms with Crippen molar-refractivity contribution in [1.82, 2.24) is 10.5 Å². The monoisotopic (exact) mass is 286 g/mol. The summed E-state index contributed by atoms with van der Waals surface area (Å²) in [6.07, 6.45) is 2.17. The van der Waals surface area contributed by atoms with E-state index in [0.717, 1.165) is 25.0 Å². The highest BCUT2D eigenvalue weighted by Gasteiger charge is 2.23. The van der Waals surface area contributed by atoms with Gasteiger partial charge in [-0.3, -0.25) is 4.79 Å². The summed E-state index contributed by atoms with van der Waals surface area (Å²) in [6, 6.07) is 9.57. The van der Waals surface area contributed by atoms with Crippen molar-refractivity contribution in [3.05, 3.63) is 41.7 Å². The van der Waals surface area contributed by atoms with Crippen LogP contribution in [0.4, 0.5) is 0 Å². The van der Waals surface area contributed by atoms with Crippen LogP contribution in [0.3, 0.4) is 0 Å². The van der Waals surface area contributed by atoms with Gasteiger partial charge in [0.25, 0.3) is 5.91 Å². The van der Waals surface area contributed by atoms with Crippen LogP contribution in [-0.4, -0.2) is 30.3 Å². The molecule has 1 aromatic carbocycles. The number of nitrogens with zero attached hydrogens (tertiary/aromatic N) is 1. The predicted octanol–water partition coefficient (Wildman–Crippen LogP) is 2.56. The first-order valence-corrected chi connectivity index (χ1v) is 7.17. The number of amides is 1. The van der Waals surface area contributed by atoms with Crippen LogP contribution in [0.1, 0.15) is 29.0 Å². The van der Waals surface area contributed by atoms with Gasteiger partial charge in [0.15, 0.2) is 0 Å². The molecule has 0 aliphatic carbocycles. The lowest BCUT2D eigenvalue weighted by molar-refractivity contribution is 0.0857. The standard InChI is InChI=1S/C16H18N2O3/c1-11-14(16(19)17-10-13-8-5-9-20-13)15(18-21-11)12-6-3-2-4-7-12/h2-4,6-7,13H,5,8-10H2,1H3,(H,17,19)/t13-/m0/s1. The molecule has 1 amide bonds. The van der Waals surface area contributed by atoms with Gasteiger partial charge in [0.1, 0.15) is 17.0 Å². The predicted molar refractivity (Wildman–Crippen MR) is 78.0 cm³/mol. The van der Waals surface area contributed by atoms with Gasteiger partial charge in [0, 0.05) is 18.7 Å². The molecular formula is C16H18N2O3. The summed E-state index contributed by atoms with van der Waals surface area (Å²) < 4.78 is 10.7. The first-order valence-electron chi connectivity index (χ1n) is 7.17. The number of carbonyl (C=O) groups is 1. The van der Waals surface area contributed by atoms with Gasteiger partial charge in [0.05, 0.1) is 6.10 Å². The molecule has 110 valence electrons. The Balaban J connectivity index is 1.78. The summed E-state index contributed by atoms with van der Waals surface area (Å²) in [6.45, 7) is 3.06. The molecule has 3 rings (SSSR count). The minimum Gasteiger partial charge on any atom is -0.376 e. The molecule has 0 bridgehead atoms. The Morgan fingerprint density at radius 3 is 2.90 bits per heavy atom. The molecule has 5 nitrogen and oxygen atoms in total. The third-order valence-electron chi connectivity index (χ3n) is 3.65. The number of aromatic nitrogens is 1. The quantitative estimate of drug-likeness (QED) is 0.938. The topological polar surface area (TPSA) is 64.4 Å². The van der Waals surface area contributed by atoms with Crippen LogP contribution < -0.4 is 5.32 Å². The van der Waals surface area contributed by atoms with E-state index >= 15 is 0 Å². The van der Waals surface area contributed by atoms with Crippen LogP contribution in [0.15, 0.2) is 34.9 Å². The summed E-state index contributed by atoms with van der Waals surface area (Å²) in [5, 5.41) is 6.93. The van der Waals surface area contributed by atoms with Gasteiger partial charge in [-0.25, -0.2) is 0 Å². The molecule has 1 aliphatic rings. The van der Waals surface area contributed by atoms with Crippen LogP contribution >= 0.6 is 0 Å². The third-order valence-corrected chi connectivity index (χ3v) is 3.65. The summed E-state index contributed by atoms with van der Waals surface area (Å²) in [5.41, 5.74) is 1.95. The molecule has 1 saturated heterocycles. The number of aryl methyl sites for hydroxylation is 1. The maximum atomic E-state index is 12.4. The van der Waals surface area contributed by atoms with Crippen molar-refractivity contribution < 1.29 is 14.1 Å². The Kier molecular flexibility index (Phi) is 4.01. The van der Waals surface area contributed by atoms with Crippen molar-refractivity contribution in [1.29, 1.82) is 0 Å². The van der Waals surface area contributed by atoms with E-state index in [2.05, 4.69) is 10.5 Å². The van der Waals surface area contributed by atoms with Gasteiger partial charge in [-0.15, -0.1) is 0 Å². The van der Waals surface area contributed by atoms with Crippen molar-refractivity contribution in [3.63, 3.8) is 0 Å². The van der Waals surface area contributed by atoms with Gasteiger partial charge in [-0.1, -0.05) is 35.5 Å². The molecule has 1 fully saturated rings. The SMILES string of the molecule is Cc1onc(-c2ccccc2)c1C(=O)NC[C@@H]1CCCO1. The molecule has 1 N–H and O–H groups in total. The average Bonchev–Trinajstić information content (AvgIpc) is 3.15. The Bertz CT molecular complexity index is 616. The highest BCUT2D eigenvalue weighted by molar-refractivity contribution is 6.00. The molecule has 21 heavy (non-hydrogen) atoms. The number of ether oxygens (including phenoxy) is 1. The zero-order chi connectivity index (χ0) is 14.7. The Morgan fingerprint density at radius 2 is 2.19 bits per heavy atom. The van der Waals surface area contributed by atoms with E-state index in [9.17, 15) is 4.79 Å². The summed E-state index contributed by atoms with van der Waals surface area (Å²) in [7, 11) is 0. The average molecular weight is 286 g/mol. The van der Waals surface area contributed by atoms with Gasteiger partial charge in [0.2, 0.25) is 0 Å².